The first-order chi connectivity index (χ1) is 11.6. The molecule has 0 radical (unpaired) electrons. The number of nitrogens with zero attached hydrogens (tertiary/aromatic N) is 1. The molecule has 0 aliphatic heterocycles. The molecule has 0 aliphatic rings. The zero-order valence-corrected chi connectivity index (χ0v) is 14.6. The highest BCUT2D eigenvalue weighted by molar-refractivity contribution is 9.10. The van der Waals surface area contributed by atoms with Crippen molar-refractivity contribution < 1.29 is 9.53 Å². The Hall–Kier alpha value is -2.60. The lowest BCUT2D eigenvalue weighted by atomic mass is 10.2. The highest BCUT2D eigenvalue weighted by atomic mass is 79.9. The van der Waals surface area contributed by atoms with Crippen LogP contribution < -0.4 is 10.2 Å². The lowest BCUT2D eigenvalue weighted by molar-refractivity contribution is -0.123. The molecule has 5 nitrogen and oxygen atoms in total. The molecule has 2 aromatic carbocycles. The number of carbonyl (C=O) groups is 1. The van der Waals surface area contributed by atoms with Gasteiger partial charge in [-0.05, 0) is 46.6 Å². The molecular weight excluding hydrogens is 370 g/mol. The van der Waals surface area contributed by atoms with Crippen LogP contribution in [0.4, 0.5) is 0 Å². The molecule has 0 atom stereocenters. The van der Waals surface area contributed by atoms with Crippen LogP contribution in [-0.2, 0) is 4.79 Å². The van der Waals surface area contributed by atoms with E-state index in [1.54, 1.807) is 6.21 Å². The zero-order chi connectivity index (χ0) is 16.9. The van der Waals surface area contributed by atoms with Crippen molar-refractivity contribution in [1.82, 2.24) is 10.4 Å². The average molecular weight is 386 g/mol. The van der Waals surface area contributed by atoms with Crippen LogP contribution in [-0.4, -0.2) is 23.7 Å². The predicted octanol–water partition coefficient (Wildman–Crippen LogP) is 3.77. The number of amides is 1. The van der Waals surface area contributed by atoms with Crippen LogP contribution in [0, 0.1) is 6.92 Å². The fraction of sp³-hybridized carbons (Fsp3) is 0.111. The van der Waals surface area contributed by atoms with Gasteiger partial charge in [0.05, 0.1) is 10.7 Å². The minimum absolute atomic E-state index is 0.104. The Kier molecular flexibility index (Phi) is 4.96. The average Bonchev–Trinajstić information content (AvgIpc) is 2.97. The summed E-state index contributed by atoms with van der Waals surface area (Å²) in [6.07, 6.45) is 3.46. The van der Waals surface area contributed by atoms with Crippen molar-refractivity contribution in [3.63, 3.8) is 0 Å². The fourth-order valence-corrected chi connectivity index (χ4v) is 2.88. The molecule has 1 aromatic heterocycles. The van der Waals surface area contributed by atoms with Crippen LogP contribution in [0.25, 0.3) is 10.9 Å². The third kappa shape index (κ3) is 3.83. The molecule has 0 spiro atoms. The van der Waals surface area contributed by atoms with Gasteiger partial charge in [0.15, 0.2) is 6.61 Å². The molecule has 0 bridgehead atoms. The molecule has 0 fully saturated rings. The van der Waals surface area contributed by atoms with E-state index in [9.17, 15) is 4.79 Å². The van der Waals surface area contributed by atoms with Crippen LogP contribution >= 0.6 is 15.9 Å². The molecule has 3 aromatic rings. The van der Waals surface area contributed by atoms with Gasteiger partial charge in [-0.25, -0.2) is 5.43 Å². The monoisotopic (exact) mass is 385 g/mol. The summed E-state index contributed by atoms with van der Waals surface area (Å²) in [5.41, 5.74) is 5.51. The number of ether oxygens (including phenoxy) is 1. The maximum absolute atomic E-state index is 11.8. The van der Waals surface area contributed by atoms with Gasteiger partial charge in [0, 0.05) is 22.7 Å². The second kappa shape index (κ2) is 7.31. The number of para-hydroxylation sites is 1. The van der Waals surface area contributed by atoms with Gasteiger partial charge in [0.25, 0.3) is 5.91 Å². The molecule has 1 heterocycles. The summed E-state index contributed by atoms with van der Waals surface area (Å²) < 4.78 is 6.29. The number of halogens is 1. The van der Waals surface area contributed by atoms with Crippen LogP contribution in [0.1, 0.15) is 11.1 Å². The number of hydrogen-bond donors (Lipinski definition) is 2. The van der Waals surface area contributed by atoms with Crippen molar-refractivity contribution in [2.75, 3.05) is 6.61 Å². The standard InChI is InChI=1S/C18H16BrN3O2/c1-12-6-7-17(15(19)8-12)24-11-18(23)22-21-10-13-9-20-16-5-3-2-4-14(13)16/h2-10,20H,11H2,1H3,(H,22,23). The van der Waals surface area contributed by atoms with Gasteiger partial charge in [0.1, 0.15) is 5.75 Å². The molecule has 1 amide bonds. The van der Waals surface area contributed by atoms with Crippen LogP contribution in [0.2, 0.25) is 0 Å². The Balaban J connectivity index is 1.55. The van der Waals surface area contributed by atoms with Crippen molar-refractivity contribution in [3.05, 3.63) is 64.3 Å². The third-order valence-electron chi connectivity index (χ3n) is 3.46. The van der Waals surface area contributed by atoms with E-state index < -0.39 is 0 Å². The van der Waals surface area contributed by atoms with E-state index in [-0.39, 0.29) is 12.5 Å². The van der Waals surface area contributed by atoms with E-state index in [1.807, 2.05) is 55.6 Å². The number of carbonyl (C=O) groups excluding carboxylic acids is 1. The molecule has 122 valence electrons. The van der Waals surface area contributed by atoms with Gasteiger partial charge >= 0.3 is 0 Å². The second-order valence-electron chi connectivity index (χ2n) is 5.31. The van der Waals surface area contributed by atoms with Gasteiger partial charge in [0.2, 0.25) is 0 Å². The molecule has 0 saturated carbocycles. The first-order valence-electron chi connectivity index (χ1n) is 7.40. The lowest BCUT2D eigenvalue weighted by Gasteiger charge is -2.07. The van der Waals surface area contributed by atoms with Crippen molar-refractivity contribution in [1.29, 1.82) is 0 Å². The number of hydrogen-bond acceptors (Lipinski definition) is 3. The summed E-state index contributed by atoms with van der Waals surface area (Å²) in [5, 5.41) is 5.03. The van der Waals surface area contributed by atoms with E-state index in [2.05, 4.69) is 31.4 Å². The number of aromatic nitrogens is 1. The Bertz CT molecular complexity index is 902. The van der Waals surface area contributed by atoms with E-state index in [4.69, 9.17) is 4.74 Å². The Labute approximate surface area is 147 Å². The fourth-order valence-electron chi connectivity index (χ4n) is 2.27. The number of aryl methyl sites for hydroxylation is 1. The molecule has 6 heteroatoms. The topological polar surface area (TPSA) is 66.5 Å². The van der Waals surface area contributed by atoms with E-state index in [1.165, 1.54) is 0 Å². The second-order valence-corrected chi connectivity index (χ2v) is 6.16. The van der Waals surface area contributed by atoms with Gasteiger partial charge < -0.3 is 9.72 Å². The van der Waals surface area contributed by atoms with Gasteiger partial charge in [-0.1, -0.05) is 24.3 Å². The summed E-state index contributed by atoms with van der Waals surface area (Å²) in [6.45, 7) is 1.88. The largest absolute Gasteiger partial charge is 0.483 e. The summed E-state index contributed by atoms with van der Waals surface area (Å²) in [5.74, 6) is 0.301. The van der Waals surface area contributed by atoms with Gasteiger partial charge in [-0.2, -0.15) is 5.10 Å². The quantitative estimate of drug-likeness (QED) is 0.518. The molecule has 0 aliphatic carbocycles. The van der Waals surface area contributed by atoms with Crippen LogP contribution in [0.15, 0.2) is 58.2 Å². The predicted molar refractivity (Wildman–Crippen MR) is 98.4 cm³/mol. The number of hydrazone groups is 1. The lowest BCUT2D eigenvalue weighted by Crippen LogP contribution is -2.24. The van der Waals surface area contributed by atoms with Crippen molar-refractivity contribution in [2.45, 2.75) is 6.92 Å². The van der Waals surface area contributed by atoms with E-state index in [0.717, 1.165) is 26.5 Å². The highest BCUT2D eigenvalue weighted by Gasteiger charge is 2.05. The first-order valence-corrected chi connectivity index (χ1v) is 8.20. The normalized spacial score (nSPS) is 11.1. The Morgan fingerprint density at radius 3 is 3.00 bits per heavy atom. The molecule has 2 N–H and O–H groups in total. The SMILES string of the molecule is Cc1ccc(OCC(=O)NN=Cc2c[nH]c3ccccc23)c(Br)c1. The van der Waals surface area contributed by atoms with Gasteiger partial charge in [-0.3, -0.25) is 4.79 Å². The van der Waals surface area contributed by atoms with Crippen molar-refractivity contribution >= 4 is 39.0 Å². The minimum atomic E-state index is -0.321. The smallest absolute Gasteiger partial charge is 0.277 e. The molecule has 0 unspecified atom stereocenters. The molecule has 24 heavy (non-hydrogen) atoms. The van der Waals surface area contributed by atoms with Crippen molar-refractivity contribution in [2.24, 2.45) is 5.10 Å². The number of aromatic amines is 1. The number of rotatable bonds is 5. The maximum Gasteiger partial charge on any atom is 0.277 e. The Morgan fingerprint density at radius 2 is 2.17 bits per heavy atom. The van der Waals surface area contributed by atoms with Crippen LogP contribution in [0.5, 0.6) is 5.75 Å². The number of benzene rings is 2. The Morgan fingerprint density at radius 1 is 1.33 bits per heavy atom. The summed E-state index contributed by atoms with van der Waals surface area (Å²) in [6, 6.07) is 13.6. The zero-order valence-electron chi connectivity index (χ0n) is 13.0. The minimum Gasteiger partial charge on any atom is -0.483 e. The van der Waals surface area contributed by atoms with Crippen LogP contribution in [0.3, 0.4) is 0 Å². The first kappa shape index (κ1) is 16.3. The molecular formula is C18H16BrN3O2. The number of fused-ring (bicyclic) bond motifs is 1. The summed E-state index contributed by atoms with van der Waals surface area (Å²) in [4.78, 5) is 15.0. The highest BCUT2D eigenvalue weighted by Crippen LogP contribution is 2.25. The van der Waals surface area contributed by atoms with E-state index >= 15 is 0 Å². The summed E-state index contributed by atoms with van der Waals surface area (Å²) in [7, 11) is 0. The molecule has 0 saturated heterocycles. The van der Waals surface area contributed by atoms with E-state index in [0.29, 0.717) is 5.75 Å². The third-order valence-corrected chi connectivity index (χ3v) is 4.08. The van der Waals surface area contributed by atoms with Crippen molar-refractivity contribution in [3.8, 4) is 5.75 Å². The van der Waals surface area contributed by atoms with Gasteiger partial charge in [-0.15, -0.1) is 0 Å². The molecule has 3 rings (SSSR count). The summed E-state index contributed by atoms with van der Waals surface area (Å²) >= 11 is 3.41. The maximum atomic E-state index is 11.8. The number of H-pyrrole nitrogens is 1. The number of nitrogens with one attached hydrogen (secondary N) is 2.